The van der Waals surface area contributed by atoms with Gasteiger partial charge in [-0.1, -0.05) is 151 Å². The summed E-state index contributed by atoms with van der Waals surface area (Å²) < 4.78 is 0. The Hall–Kier alpha value is -3.37. The molecule has 10 aromatic carbocycles. The van der Waals surface area contributed by atoms with Crippen LogP contribution < -0.4 is 24.8 Å². The van der Waals surface area contributed by atoms with Crippen LogP contribution in [0.15, 0.2) is 158 Å². The molecule has 0 unspecified atom stereocenters. The molecule has 10 aromatic rings. The summed E-state index contributed by atoms with van der Waals surface area (Å²) in [6.45, 7) is 17.7. The van der Waals surface area contributed by atoms with Gasteiger partial charge in [0.05, 0.1) is 0 Å². The first-order valence-corrected chi connectivity index (χ1v) is 19.5. The number of hydrogen-bond donors (Lipinski definition) is 0. The van der Waals surface area contributed by atoms with Gasteiger partial charge >= 0.3 is 52.4 Å². The molecule has 0 saturated heterocycles. The Kier molecular flexibility index (Phi) is 18.4. The number of fused-ring (bicyclic) bond motifs is 8. The Bertz CT molecular complexity index is 2540. The summed E-state index contributed by atoms with van der Waals surface area (Å²) in [5.74, 6) is 1.22. The van der Waals surface area contributed by atoms with Crippen molar-refractivity contribution in [2.24, 2.45) is 0 Å². The molecule has 0 heterocycles. The van der Waals surface area contributed by atoms with Crippen molar-refractivity contribution in [2.75, 3.05) is 0 Å². The van der Waals surface area contributed by atoms with Crippen LogP contribution in [0.4, 0.5) is 0 Å². The summed E-state index contributed by atoms with van der Waals surface area (Å²) in [4.78, 5) is 0. The Balaban J connectivity index is 0.000000202. The molecule has 0 aliphatic rings. The molecule has 0 spiro atoms. The summed E-state index contributed by atoms with van der Waals surface area (Å²) in [6.07, 6.45) is 0. The first-order chi connectivity index (χ1) is 26.1. The Morgan fingerprint density at radius 1 is 0.345 bits per heavy atom. The Morgan fingerprint density at radius 3 is 0.897 bits per heavy atom. The average Bonchev–Trinajstić information content (AvgIpc) is 3.95. The van der Waals surface area contributed by atoms with Crippen molar-refractivity contribution in [3.8, 4) is 0 Å². The zero-order valence-electron chi connectivity index (χ0n) is 34.9. The van der Waals surface area contributed by atoms with Gasteiger partial charge in [-0.05, 0) is 11.8 Å². The van der Waals surface area contributed by atoms with Gasteiger partial charge in [0.25, 0.3) is 0 Å². The zero-order valence-corrected chi connectivity index (χ0v) is 41.3. The Labute approximate surface area is 396 Å². The van der Waals surface area contributed by atoms with Crippen LogP contribution in [0, 0.1) is 27.7 Å². The molecule has 0 amide bonds. The third-order valence-corrected chi connectivity index (χ3v) is 10.9. The van der Waals surface area contributed by atoms with Crippen LogP contribution in [-0.2, 0) is 52.4 Å². The zero-order chi connectivity index (χ0) is 37.9. The molecule has 58 heavy (non-hydrogen) atoms. The third kappa shape index (κ3) is 10.7. The number of hydrogen-bond acceptors (Lipinski definition) is 0. The smallest absolute Gasteiger partial charge is 1.00 e. The van der Waals surface area contributed by atoms with E-state index in [1.165, 1.54) is 98.0 Å². The minimum atomic E-state index is 0. The van der Waals surface area contributed by atoms with Gasteiger partial charge in [0, 0.05) is 0 Å². The van der Waals surface area contributed by atoms with Crippen LogP contribution in [0.25, 0.3) is 64.6 Å². The number of benzene rings is 6. The molecule has 0 bridgehead atoms. The quantitative estimate of drug-likeness (QED) is 0.152. The molecule has 0 aliphatic carbocycles. The van der Waals surface area contributed by atoms with E-state index in [1.54, 1.807) is 0 Å². The van der Waals surface area contributed by atoms with Crippen molar-refractivity contribution in [3.63, 3.8) is 0 Å². The molecule has 0 atom stereocenters. The molecule has 4 heteroatoms. The van der Waals surface area contributed by atoms with Gasteiger partial charge in [0.1, 0.15) is 0 Å². The molecule has 0 aliphatic heterocycles. The molecule has 0 aromatic heterocycles. The molecule has 0 fully saturated rings. The molecule has 0 N–H and O–H groups in total. The van der Waals surface area contributed by atoms with Crippen molar-refractivity contribution in [1.29, 1.82) is 0 Å². The maximum absolute atomic E-state index is 2.30. The maximum Gasteiger partial charge on any atom is 2.00 e. The van der Waals surface area contributed by atoms with Crippen LogP contribution >= 0.6 is 0 Å². The monoisotopic (exact) mass is 950 g/mol. The van der Waals surface area contributed by atoms with E-state index in [9.17, 15) is 0 Å². The first-order valence-electron chi connectivity index (χ1n) is 19.5. The fourth-order valence-electron chi connectivity index (χ4n) is 8.04. The number of halogens is 2. The van der Waals surface area contributed by atoms with Crippen LogP contribution in [-0.4, -0.2) is 0 Å². The van der Waals surface area contributed by atoms with Gasteiger partial charge in [0.15, 0.2) is 0 Å². The van der Waals surface area contributed by atoms with E-state index >= 15 is 0 Å². The predicted octanol–water partition coefficient (Wildman–Crippen LogP) is 10.0. The first kappa shape index (κ1) is 49.0. The topological polar surface area (TPSA) is 0 Å². The van der Waals surface area contributed by atoms with Crippen molar-refractivity contribution in [2.45, 2.75) is 67.2 Å². The largest absolute Gasteiger partial charge is 2.00 e. The molecule has 292 valence electrons. The fraction of sp³-hybridized carbons (Fsp3) is 0.185. The minimum absolute atomic E-state index is 0. The van der Waals surface area contributed by atoms with E-state index in [0.717, 1.165) is 0 Å². The van der Waals surface area contributed by atoms with Crippen LogP contribution in [0.1, 0.15) is 72.9 Å². The van der Waals surface area contributed by atoms with Crippen molar-refractivity contribution in [3.05, 3.63) is 191 Å². The molecule has 0 nitrogen and oxygen atoms in total. The van der Waals surface area contributed by atoms with Gasteiger partial charge in [0.2, 0.25) is 0 Å². The van der Waals surface area contributed by atoms with E-state index in [2.05, 4.69) is 213 Å². The van der Waals surface area contributed by atoms with Crippen molar-refractivity contribution in [1.82, 2.24) is 0 Å². The third-order valence-electron chi connectivity index (χ3n) is 10.9. The van der Waals surface area contributed by atoms with Crippen molar-refractivity contribution >= 4 is 64.6 Å². The van der Waals surface area contributed by atoms with Crippen LogP contribution in [0.5, 0.6) is 0 Å². The van der Waals surface area contributed by atoms with Gasteiger partial charge < -0.3 is 24.8 Å². The minimum Gasteiger partial charge on any atom is -1.00 e. The van der Waals surface area contributed by atoms with Gasteiger partial charge in [-0.25, -0.2) is 0 Å². The molecular weight excluding hydrogens is 902 g/mol. The summed E-state index contributed by atoms with van der Waals surface area (Å²) in [5.41, 5.74) is 8.46. The summed E-state index contributed by atoms with van der Waals surface area (Å²) in [6, 6.07) is 56.7. The molecular formula is C54H52Cl2Zr2-2. The van der Waals surface area contributed by atoms with Crippen LogP contribution in [0.2, 0.25) is 0 Å². The standard InChI is InChI=1S/2C14H17.2C13H9.2ClH.2Zr/c2*1-9(2)12-6-5-11(4)13-7-10(3)8-14(12)13;2*1-3-7-12-10(5-1)9-11-6-2-4-8-13(11)12;;;;/h2*5-9H,1-4H3;2*1-9H;2*1H;;/q4*-1;;;2*+2/p-2. The van der Waals surface area contributed by atoms with Gasteiger partial charge in [-0.3, -0.25) is 0 Å². The van der Waals surface area contributed by atoms with E-state index in [1.807, 2.05) is 0 Å². The fourth-order valence-corrected chi connectivity index (χ4v) is 8.04. The molecule has 10 rings (SSSR count). The van der Waals surface area contributed by atoms with E-state index in [0.29, 0.717) is 11.8 Å². The van der Waals surface area contributed by atoms with E-state index in [-0.39, 0.29) is 77.2 Å². The average molecular weight is 954 g/mol. The predicted molar refractivity (Wildman–Crippen MR) is 240 cm³/mol. The van der Waals surface area contributed by atoms with Crippen LogP contribution in [0.3, 0.4) is 0 Å². The summed E-state index contributed by atoms with van der Waals surface area (Å²) in [7, 11) is 0. The summed E-state index contributed by atoms with van der Waals surface area (Å²) in [5, 5.41) is 16.5. The molecule has 0 radical (unpaired) electrons. The number of aryl methyl sites for hydroxylation is 4. The normalized spacial score (nSPS) is 10.5. The van der Waals surface area contributed by atoms with E-state index < -0.39 is 0 Å². The molecule has 0 saturated carbocycles. The van der Waals surface area contributed by atoms with Gasteiger partial charge in [-0.2, -0.15) is 12.1 Å². The second-order valence-electron chi connectivity index (χ2n) is 15.6. The SMILES string of the molecule is Cc1cc2c(C(C)C)ccc(C)c2[cH-]1.Cc1cc2c(C(C)C)ccc(C)c2[cH-]1.[Cl-].[Cl-].[Zr+2].[Zr+2].c1ccc2c(c1)[cH-]c1ccccc12.c1ccc2c(c1)[cH-]c1ccccc12. The Morgan fingerprint density at radius 2 is 0.621 bits per heavy atom. The maximum atomic E-state index is 2.30. The summed E-state index contributed by atoms with van der Waals surface area (Å²) >= 11 is 0. The van der Waals surface area contributed by atoms with Gasteiger partial charge in [-0.15, -0.1) is 148 Å². The number of rotatable bonds is 2. The second kappa shape index (κ2) is 21.8. The van der Waals surface area contributed by atoms with E-state index in [4.69, 9.17) is 0 Å². The van der Waals surface area contributed by atoms with Crippen molar-refractivity contribution < 1.29 is 77.2 Å². The second-order valence-corrected chi connectivity index (χ2v) is 15.6.